The van der Waals surface area contributed by atoms with Crippen LogP contribution in [0.5, 0.6) is 0 Å². The number of nitrogens with one attached hydrogen (secondary N) is 2. The number of amides is 1. The maximum atomic E-state index is 11.9. The zero-order chi connectivity index (χ0) is 13.9. The van der Waals surface area contributed by atoms with Crippen molar-refractivity contribution in [1.29, 1.82) is 0 Å². The van der Waals surface area contributed by atoms with Gasteiger partial charge in [0.2, 0.25) is 0 Å². The van der Waals surface area contributed by atoms with Gasteiger partial charge >= 0.3 is 0 Å². The first kappa shape index (κ1) is 12.7. The van der Waals surface area contributed by atoms with Crippen LogP contribution in [0.25, 0.3) is 0 Å². The molecule has 6 nitrogen and oxygen atoms in total. The normalized spacial score (nSPS) is 14.6. The summed E-state index contributed by atoms with van der Waals surface area (Å²) in [6, 6.07) is 6.11. The van der Waals surface area contributed by atoms with E-state index in [1.807, 2.05) is 13.0 Å². The second-order valence-electron chi connectivity index (χ2n) is 5.00. The summed E-state index contributed by atoms with van der Waals surface area (Å²) in [5, 5.41) is 12.7. The van der Waals surface area contributed by atoms with Crippen LogP contribution >= 0.6 is 0 Å². The van der Waals surface area contributed by atoms with Gasteiger partial charge < -0.3 is 10.2 Å². The molecule has 0 radical (unpaired) electrons. The number of aromatic nitrogens is 3. The summed E-state index contributed by atoms with van der Waals surface area (Å²) in [5.41, 5.74) is 3.36. The molecule has 3 rings (SSSR count). The van der Waals surface area contributed by atoms with Gasteiger partial charge in [0.15, 0.2) is 5.69 Å². The van der Waals surface area contributed by atoms with Crippen molar-refractivity contribution in [2.45, 2.75) is 19.8 Å². The number of carbonyl (C=O) groups is 1. The van der Waals surface area contributed by atoms with Crippen LogP contribution in [-0.4, -0.2) is 34.4 Å². The third kappa shape index (κ3) is 2.49. The average molecular weight is 271 g/mol. The zero-order valence-corrected chi connectivity index (χ0v) is 11.4. The van der Waals surface area contributed by atoms with Crippen molar-refractivity contribution >= 4 is 17.3 Å². The van der Waals surface area contributed by atoms with Crippen LogP contribution in [-0.2, 0) is 0 Å². The molecule has 0 saturated carbocycles. The number of anilines is 2. The second-order valence-corrected chi connectivity index (χ2v) is 5.00. The van der Waals surface area contributed by atoms with Gasteiger partial charge in [-0.05, 0) is 43.5 Å². The van der Waals surface area contributed by atoms with Crippen LogP contribution in [0.3, 0.4) is 0 Å². The molecule has 1 aromatic carbocycles. The number of aromatic amines is 1. The van der Waals surface area contributed by atoms with Crippen molar-refractivity contribution in [3.63, 3.8) is 0 Å². The first-order valence-electron chi connectivity index (χ1n) is 6.77. The second kappa shape index (κ2) is 5.32. The third-order valence-electron chi connectivity index (χ3n) is 3.58. The lowest BCUT2D eigenvalue weighted by Crippen LogP contribution is -2.18. The lowest BCUT2D eigenvalue weighted by molar-refractivity contribution is 0.102. The Morgan fingerprint density at radius 2 is 2.15 bits per heavy atom. The SMILES string of the molecule is Cc1cc(N2CCCC2)ccc1NC(=O)c1cn[nH]n1. The Morgan fingerprint density at radius 1 is 1.35 bits per heavy atom. The molecule has 0 aliphatic carbocycles. The van der Waals surface area contributed by atoms with Crippen LogP contribution in [0.1, 0.15) is 28.9 Å². The number of hydrogen-bond acceptors (Lipinski definition) is 4. The molecule has 20 heavy (non-hydrogen) atoms. The van der Waals surface area contributed by atoms with E-state index in [9.17, 15) is 4.79 Å². The maximum Gasteiger partial charge on any atom is 0.277 e. The Labute approximate surface area is 117 Å². The Kier molecular flexibility index (Phi) is 3.37. The van der Waals surface area contributed by atoms with Gasteiger partial charge in [0, 0.05) is 24.5 Å². The molecule has 0 bridgehead atoms. The Hall–Kier alpha value is -2.37. The summed E-state index contributed by atoms with van der Waals surface area (Å²) in [6.45, 7) is 4.23. The molecule has 0 spiro atoms. The van der Waals surface area contributed by atoms with Gasteiger partial charge in [-0.25, -0.2) is 0 Å². The van der Waals surface area contributed by atoms with Crippen molar-refractivity contribution in [2.24, 2.45) is 0 Å². The van der Waals surface area contributed by atoms with Gasteiger partial charge in [0.25, 0.3) is 5.91 Å². The van der Waals surface area contributed by atoms with Crippen molar-refractivity contribution in [3.05, 3.63) is 35.7 Å². The number of carbonyl (C=O) groups excluding carboxylic acids is 1. The smallest absolute Gasteiger partial charge is 0.277 e. The first-order chi connectivity index (χ1) is 9.74. The molecule has 1 fully saturated rings. The van der Waals surface area contributed by atoms with E-state index in [1.54, 1.807) is 0 Å². The molecule has 1 amide bonds. The molecule has 1 saturated heterocycles. The summed E-state index contributed by atoms with van der Waals surface area (Å²) in [4.78, 5) is 14.3. The number of hydrogen-bond donors (Lipinski definition) is 2. The number of H-pyrrole nitrogens is 1. The summed E-state index contributed by atoms with van der Waals surface area (Å²) in [7, 11) is 0. The highest BCUT2D eigenvalue weighted by Gasteiger charge is 2.14. The van der Waals surface area contributed by atoms with Gasteiger partial charge in [-0.15, -0.1) is 0 Å². The van der Waals surface area contributed by atoms with E-state index in [1.165, 1.54) is 24.7 Å². The molecule has 6 heteroatoms. The van der Waals surface area contributed by atoms with Gasteiger partial charge in [-0.3, -0.25) is 4.79 Å². The van der Waals surface area contributed by atoms with Crippen LogP contribution < -0.4 is 10.2 Å². The highest BCUT2D eigenvalue weighted by Crippen LogP contribution is 2.25. The maximum absolute atomic E-state index is 11.9. The van der Waals surface area contributed by atoms with Crippen molar-refractivity contribution in [3.8, 4) is 0 Å². The third-order valence-corrected chi connectivity index (χ3v) is 3.58. The van der Waals surface area contributed by atoms with Gasteiger partial charge in [-0.1, -0.05) is 0 Å². The molecule has 104 valence electrons. The molecule has 2 N–H and O–H groups in total. The number of nitrogens with zero attached hydrogens (tertiary/aromatic N) is 3. The number of aryl methyl sites for hydroxylation is 1. The van der Waals surface area contributed by atoms with Crippen LogP contribution in [0.4, 0.5) is 11.4 Å². The fourth-order valence-corrected chi connectivity index (χ4v) is 2.46. The average Bonchev–Trinajstić information content (AvgIpc) is 3.14. The fraction of sp³-hybridized carbons (Fsp3) is 0.357. The Morgan fingerprint density at radius 3 is 2.80 bits per heavy atom. The van der Waals surface area contributed by atoms with E-state index in [2.05, 4.69) is 37.8 Å². The molecule has 2 aromatic rings. The number of benzene rings is 1. The van der Waals surface area contributed by atoms with E-state index in [0.29, 0.717) is 0 Å². The predicted octanol–water partition coefficient (Wildman–Crippen LogP) is 1.97. The predicted molar refractivity (Wildman–Crippen MR) is 77.0 cm³/mol. The largest absolute Gasteiger partial charge is 0.372 e. The van der Waals surface area contributed by atoms with E-state index < -0.39 is 0 Å². The van der Waals surface area contributed by atoms with Gasteiger partial charge in [0.1, 0.15) is 0 Å². The summed E-state index contributed by atoms with van der Waals surface area (Å²) in [5.74, 6) is -0.254. The molecule has 1 aliphatic rings. The van der Waals surface area contributed by atoms with Crippen LogP contribution in [0, 0.1) is 6.92 Å². The molecule has 1 aromatic heterocycles. The van der Waals surface area contributed by atoms with E-state index in [-0.39, 0.29) is 11.6 Å². The minimum Gasteiger partial charge on any atom is -0.372 e. The standard InChI is InChI=1S/C14H17N5O/c1-10-8-11(19-6-2-3-7-19)4-5-12(10)16-14(20)13-9-15-18-17-13/h4-5,8-9H,2-3,6-7H2,1H3,(H,16,20)(H,15,17,18). The summed E-state index contributed by atoms with van der Waals surface area (Å²) in [6.07, 6.45) is 3.91. The highest BCUT2D eigenvalue weighted by atomic mass is 16.2. The minimum absolute atomic E-state index is 0.254. The molecule has 0 atom stereocenters. The molecule has 2 heterocycles. The van der Waals surface area contributed by atoms with Crippen molar-refractivity contribution in [1.82, 2.24) is 15.4 Å². The van der Waals surface area contributed by atoms with Crippen LogP contribution in [0.15, 0.2) is 24.4 Å². The first-order valence-corrected chi connectivity index (χ1v) is 6.77. The number of rotatable bonds is 3. The van der Waals surface area contributed by atoms with Crippen molar-refractivity contribution < 1.29 is 4.79 Å². The summed E-state index contributed by atoms with van der Waals surface area (Å²) >= 11 is 0. The van der Waals surface area contributed by atoms with Crippen LogP contribution in [0.2, 0.25) is 0 Å². The minimum atomic E-state index is -0.254. The van der Waals surface area contributed by atoms with E-state index >= 15 is 0 Å². The Bertz CT molecular complexity index is 602. The lowest BCUT2D eigenvalue weighted by Gasteiger charge is -2.19. The quantitative estimate of drug-likeness (QED) is 0.895. The van der Waals surface area contributed by atoms with E-state index in [4.69, 9.17) is 0 Å². The fourth-order valence-electron chi connectivity index (χ4n) is 2.46. The lowest BCUT2D eigenvalue weighted by atomic mass is 10.1. The molecular weight excluding hydrogens is 254 g/mol. The molecule has 1 aliphatic heterocycles. The molecular formula is C14H17N5O. The van der Waals surface area contributed by atoms with E-state index in [0.717, 1.165) is 24.3 Å². The van der Waals surface area contributed by atoms with Gasteiger partial charge in [0.05, 0.1) is 6.20 Å². The van der Waals surface area contributed by atoms with Crippen molar-refractivity contribution in [2.75, 3.05) is 23.3 Å². The van der Waals surface area contributed by atoms with Gasteiger partial charge in [-0.2, -0.15) is 15.4 Å². The highest BCUT2D eigenvalue weighted by molar-refractivity contribution is 6.03. The summed E-state index contributed by atoms with van der Waals surface area (Å²) < 4.78 is 0. The molecule has 0 unspecified atom stereocenters. The zero-order valence-electron chi connectivity index (χ0n) is 11.4. The topological polar surface area (TPSA) is 73.9 Å². The monoisotopic (exact) mass is 271 g/mol. The Balaban J connectivity index is 1.75.